The van der Waals surface area contributed by atoms with Crippen molar-refractivity contribution in [3.63, 3.8) is 0 Å². The number of rotatable bonds is 5. The van der Waals surface area contributed by atoms with Gasteiger partial charge in [-0.05, 0) is 24.6 Å². The highest BCUT2D eigenvalue weighted by molar-refractivity contribution is 5.70. The summed E-state index contributed by atoms with van der Waals surface area (Å²) in [5.41, 5.74) is 0.0882. The van der Waals surface area contributed by atoms with Crippen molar-refractivity contribution >= 4 is 5.69 Å². The summed E-state index contributed by atoms with van der Waals surface area (Å²) in [6.07, 6.45) is 0.778. The first-order valence-electron chi connectivity index (χ1n) is 6.62. The molecule has 0 saturated heterocycles. The van der Waals surface area contributed by atoms with Gasteiger partial charge < -0.3 is 9.72 Å². The van der Waals surface area contributed by atoms with Crippen LogP contribution in [0.3, 0.4) is 0 Å². The van der Waals surface area contributed by atoms with Gasteiger partial charge in [0, 0.05) is 17.7 Å². The number of benzene rings is 1. The minimum absolute atomic E-state index is 0.0230. The van der Waals surface area contributed by atoms with E-state index in [4.69, 9.17) is 10.00 Å². The van der Waals surface area contributed by atoms with Crippen LogP contribution < -0.4 is 10.3 Å². The highest BCUT2D eigenvalue weighted by Gasteiger charge is 2.14. The van der Waals surface area contributed by atoms with Crippen LogP contribution in [0.25, 0.3) is 11.3 Å². The molecule has 22 heavy (non-hydrogen) atoms. The fourth-order valence-corrected chi connectivity index (χ4v) is 1.90. The van der Waals surface area contributed by atoms with Crippen molar-refractivity contribution in [1.82, 2.24) is 4.98 Å². The zero-order chi connectivity index (χ0) is 16.1. The molecule has 1 N–H and O–H groups in total. The quantitative estimate of drug-likeness (QED) is 0.674. The summed E-state index contributed by atoms with van der Waals surface area (Å²) < 4.78 is 5.56. The number of nitro groups is 1. The first-order valence-corrected chi connectivity index (χ1v) is 6.62. The van der Waals surface area contributed by atoms with E-state index >= 15 is 0 Å². The minimum Gasteiger partial charge on any atom is -0.493 e. The second-order valence-electron chi connectivity index (χ2n) is 4.51. The second kappa shape index (κ2) is 6.54. The van der Waals surface area contributed by atoms with Crippen molar-refractivity contribution in [2.45, 2.75) is 13.3 Å². The number of hydrogen-bond donors (Lipinski definition) is 1. The van der Waals surface area contributed by atoms with Crippen LogP contribution in [-0.2, 0) is 0 Å². The summed E-state index contributed by atoms with van der Waals surface area (Å²) in [6.45, 7) is 2.39. The highest BCUT2D eigenvalue weighted by atomic mass is 16.6. The van der Waals surface area contributed by atoms with Crippen LogP contribution in [0.15, 0.2) is 35.1 Å². The number of H-pyrrole nitrogens is 1. The smallest absolute Gasteiger partial charge is 0.270 e. The Morgan fingerprint density at radius 1 is 1.36 bits per heavy atom. The number of nitro benzene ring substituents is 1. The number of aromatic nitrogens is 1. The number of nitrogens with zero attached hydrogens (tertiary/aromatic N) is 2. The third-order valence-electron chi connectivity index (χ3n) is 2.96. The molecule has 0 unspecified atom stereocenters. The Morgan fingerprint density at radius 3 is 2.73 bits per heavy atom. The summed E-state index contributed by atoms with van der Waals surface area (Å²) in [5.74, 6) is 0.438. The molecule has 0 aliphatic carbocycles. The summed E-state index contributed by atoms with van der Waals surface area (Å²) in [6, 6.07) is 8.85. The maximum atomic E-state index is 11.7. The molecule has 2 aromatic rings. The largest absolute Gasteiger partial charge is 0.493 e. The molecular formula is C15H13N3O4. The van der Waals surface area contributed by atoms with Gasteiger partial charge in [-0.25, -0.2) is 0 Å². The zero-order valence-electron chi connectivity index (χ0n) is 11.8. The van der Waals surface area contributed by atoms with Crippen LogP contribution in [0.5, 0.6) is 5.75 Å². The average molecular weight is 299 g/mol. The molecule has 0 aliphatic rings. The molecule has 1 aromatic heterocycles. The molecule has 0 atom stereocenters. The van der Waals surface area contributed by atoms with Crippen molar-refractivity contribution in [1.29, 1.82) is 5.26 Å². The van der Waals surface area contributed by atoms with Gasteiger partial charge in [0.1, 0.15) is 17.4 Å². The first kappa shape index (κ1) is 15.3. The van der Waals surface area contributed by atoms with Crippen molar-refractivity contribution in [3.05, 3.63) is 56.4 Å². The number of pyridine rings is 1. The van der Waals surface area contributed by atoms with E-state index in [2.05, 4.69) is 4.98 Å². The summed E-state index contributed by atoms with van der Waals surface area (Å²) in [4.78, 5) is 24.7. The SMILES string of the molecule is CCCOc1ccc([N+](=O)[O-])cc1-c1ccc(C#N)c(=O)[nH]1. The molecule has 0 bridgehead atoms. The van der Waals surface area contributed by atoms with Crippen molar-refractivity contribution < 1.29 is 9.66 Å². The van der Waals surface area contributed by atoms with Gasteiger partial charge in [-0.3, -0.25) is 14.9 Å². The third-order valence-corrected chi connectivity index (χ3v) is 2.96. The lowest BCUT2D eigenvalue weighted by Gasteiger charge is -2.11. The molecule has 1 heterocycles. The van der Waals surface area contributed by atoms with Crippen LogP contribution >= 0.6 is 0 Å². The van der Waals surface area contributed by atoms with Crippen molar-refractivity contribution in [3.8, 4) is 23.1 Å². The Labute approximate surface area is 125 Å². The monoisotopic (exact) mass is 299 g/mol. The first-order chi connectivity index (χ1) is 10.6. The van der Waals surface area contributed by atoms with Crippen LogP contribution in [-0.4, -0.2) is 16.5 Å². The standard InChI is InChI=1S/C15H13N3O4/c1-2-7-22-14-6-4-11(18(20)21)8-12(14)13-5-3-10(9-16)15(19)17-13/h3-6,8H,2,7H2,1H3,(H,17,19). The van der Waals surface area contributed by atoms with Gasteiger partial charge in [0.05, 0.1) is 17.2 Å². The van der Waals surface area contributed by atoms with Crippen LogP contribution in [0, 0.1) is 21.4 Å². The number of ether oxygens (including phenoxy) is 1. The number of nitriles is 1. The predicted octanol–water partition coefficient (Wildman–Crippen LogP) is 2.61. The lowest BCUT2D eigenvalue weighted by Crippen LogP contribution is -2.10. The van der Waals surface area contributed by atoms with Gasteiger partial charge in [0.2, 0.25) is 0 Å². The minimum atomic E-state index is -0.548. The topological polar surface area (TPSA) is 109 Å². The van der Waals surface area contributed by atoms with E-state index in [1.54, 1.807) is 6.07 Å². The van der Waals surface area contributed by atoms with Gasteiger partial charge in [0.15, 0.2) is 0 Å². The molecule has 112 valence electrons. The van der Waals surface area contributed by atoms with Crippen LogP contribution in [0.2, 0.25) is 0 Å². The van der Waals surface area contributed by atoms with Gasteiger partial charge in [-0.1, -0.05) is 6.92 Å². The number of nitrogens with one attached hydrogen (secondary N) is 1. The molecule has 2 rings (SSSR count). The lowest BCUT2D eigenvalue weighted by atomic mass is 10.1. The molecule has 7 nitrogen and oxygen atoms in total. The Kier molecular flexibility index (Phi) is 4.53. The predicted molar refractivity (Wildman–Crippen MR) is 79.7 cm³/mol. The Hall–Kier alpha value is -3.14. The van der Waals surface area contributed by atoms with Crippen LogP contribution in [0.1, 0.15) is 18.9 Å². The zero-order valence-corrected chi connectivity index (χ0v) is 11.8. The molecule has 1 aromatic carbocycles. The van der Waals surface area contributed by atoms with E-state index in [0.29, 0.717) is 23.6 Å². The highest BCUT2D eigenvalue weighted by Crippen LogP contribution is 2.32. The molecule has 0 fully saturated rings. The Balaban J connectivity index is 2.57. The Morgan fingerprint density at radius 2 is 2.14 bits per heavy atom. The number of aromatic amines is 1. The van der Waals surface area contributed by atoms with Crippen molar-refractivity contribution in [2.75, 3.05) is 6.61 Å². The van der Waals surface area contributed by atoms with E-state index in [9.17, 15) is 14.9 Å². The molecule has 0 amide bonds. The van der Waals surface area contributed by atoms with E-state index in [-0.39, 0.29) is 11.3 Å². The molecule has 0 saturated carbocycles. The molecule has 7 heteroatoms. The number of non-ortho nitro benzene ring substituents is 1. The lowest BCUT2D eigenvalue weighted by molar-refractivity contribution is -0.384. The van der Waals surface area contributed by atoms with E-state index in [1.165, 1.54) is 30.3 Å². The molecule has 0 radical (unpaired) electrons. The molecule has 0 spiro atoms. The van der Waals surface area contributed by atoms with Gasteiger partial charge >= 0.3 is 0 Å². The maximum Gasteiger partial charge on any atom is 0.270 e. The summed E-state index contributed by atoms with van der Waals surface area (Å²) >= 11 is 0. The molecule has 0 aliphatic heterocycles. The van der Waals surface area contributed by atoms with Gasteiger partial charge in [-0.2, -0.15) is 5.26 Å². The summed E-state index contributed by atoms with van der Waals surface area (Å²) in [5, 5.41) is 19.7. The van der Waals surface area contributed by atoms with E-state index < -0.39 is 10.5 Å². The normalized spacial score (nSPS) is 10.0. The van der Waals surface area contributed by atoms with Crippen molar-refractivity contribution in [2.24, 2.45) is 0 Å². The number of hydrogen-bond acceptors (Lipinski definition) is 5. The van der Waals surface area contributed by atoms with E-state index in [1.807, 2.05) is 6.92 Å². The fraction of sp³-hybridized carbons (Fsp3) is 0.200. The maximum absolute atomic E-state index is 11.7. The van der Waals surface area contributed by atoms with Crippen LogP contribution in [0.4, 0.5) is 5.69 Å². The average Bonchev–Trinajstić information content (AvgIpc) is 2.52. The van der Waals surface area contributed by atoms with Gasteiger partial charge in [0.25, 0.3) is 11.2 Å². The molecular weight excluding hydrogens is 286 g/mol. The second-order valence-corrected chi connectivity index (χ2v) is 4.51. The van der Waals surface area contributed by atoms with E-state index in [0.717, 1.165) is 6.42 Å². The summed E-state index contributed by atoms with van der Waals surface area (Å²) in [7, 11) is 0. The fourth-order valence-electron chi connectivity index (χ4n) is 1.90. The third kappa shape index (κ3) is 3.12. The Bertz CT molecular complexity index is 805. The van der Waals surface area contributed by atoms with Gasteiger partial charge in [-0.15, -0.1) is 0 Å².